The van der Waals surface area contributed by atoms with Crippen molar-refractivity contribution >= 4 is 18.0 Å². The van der Waals surface area contributed by atoms with Gasteiger partial charge >= 0.3 is 11.9 Å². The molecule has 1 saturated heterocycles. The highest BCUT2D eigenvalue weighted by Crippen LogP contribution is 2.31. The normalized spacial score (nSPS) is 19.0. The lowest BCUT2D eigenvalue weighted by Gasteiger charge is -2.39. The van der Waals surface area contributed by atoms with Gasteiger partial charge in [-0.25, -0.2) is 4.79 Å². The first kappa shape index (κ1) is 21.5. The van der Waals surface area contributed by atoms with Crippen LogP contribution >= 0.6 is 0 Å². The minimum atomic E-state index is -0.526. The zero-order valence-electron chi connectivity index (χ0n) is 17.9. The van der Waals surface area contributed by atoms with Crippen LogP contribution in [0.4, 0.5) is 0 Å². The minimum absolute atomic E-state index is 0.0462. The fraction of sp³-hybridized carbons (Fsp3) is 0.185. The van der Waals surface area contributed by atoms with Crippen molar-refractivity contribution in [1.82, 2.24) is 4.90 Å². The Hall–Kier alpha value is -3.70. The van der Waals surface area contributed by atoms with E-state index in [2.05, 4.69) is 29.2 Å². The monoisotopic (exact) mass is 427 g/mol. The summed E-state index contributed by atoms with van der Waals surface area (Å²) in [4.78, 5) is 26.1. The molecule has 1 heterocycles. The van der Waals surface area contributed by atoms with Crippen LogP contribution in [0.1, 0.15) is 29.7 Å². The van der Waals surface area contributed by atoms with Gasteiger partial charge in [-0.05, 0) is 28.8 Å². The number of benzene rings is 3. The summed E-state index contributed by atoms with van der Waals surface area (Å²) in [5.41, 5.74) is 3.14. The van der Waals surface area contributed by atoms with E-state index in [1.807, 2.05) is 60.7 Å². The van der Waals surface area contributed by atoms with Gasteiger partial charge in [-0.15, -0.1) is 0 Å². The standard InChI is InChI=1S/C27H25NO4/c1-20(29)32-24-15-12-21(13-16-24)14-17-25-27(30)31-19-26(23-10-6-3-7-11-23)28(25)18-22-8-4-2-5-9-22/h2-17,25-26H,18-19H2,1H3/b17-14+/t25-,26+/m1/s1. The smallest absolute Gasteiger partial charge is 0.327 e. The van der Waals surface area contributed by atoms with Crippen molar-refractivity contribution < 1.29 is 19.1 Å². The summed E-state index contributed by atoms with van der Waals surface area (Å²) in [6, 6.07) is 26.8. The van der Waals surface area contributed by atoms with Crippen LogP contribution in [0.15, 0.2) is 91.0 Å². The molecule has 5 heteroatoms. The Morgan fingerprint density at radius 1 is 1.00 bits per heavy atom. The predicted molar refractivity (Wildman–Crippen MR) is 123 cm³/mol. The van der Waals surface area contributed by atoms with Gasteiger partial charge in [0.25, 0.3) is 0 Å². The second-order valence-corrected chi connectivity index (χ2v) is 7.68. The lowest BCUT2D eigenvalue weighted by molar-refractivity contribution is -0.160. The number of esters is 2. The maximum atomic E-state index is 12.8. The summed E-state index contributed by atoms with van der Waals surface area (Å²) >= 11 is 0. The van der Waals surface area contributed by atoms with Crippen LogP contribution in [0.2, 0.25) is 0 Å². The van der Waals surface area contributed by atoms with E-state index in [0.29, 0.717) is 18.9 Å². The lowest BCUT2D eigenvalue weighted by Crippen LogP contribution is -2.49. The summed E-state index contributed by atoms with van der Waals surface area (Å²) in [6.45, 7) is 2.31. The topological polar surface area (TPSA) is 55.8 Å². The number of cyclic esters (lactones) is 1. The molecule has 0 spiro atoms. The largest absolute Gasteiger partial charge is 0.462 e. The van der Waals surface area contributed by atoms with E-state index in [-0.39, 0.29) is 18.0 Å². The van der Waals surface area contributed by atoms with Crippen LogP contribution in [-0.4, -0.2) is 29.5 Å². The van der Waals surface area contributed by atoms with Gasteiger partial charge in [0, 0.05) is 13.5 Å². The average Bonchev–Trinajstić information content (AvgIpc) is 2.81. The van der Waals surface area contributed by atoms with Crippen LogP contribution in [0.25, 0.3) is 6.08 Å². The summed E-state index contributed by atoms with van der Waals surface area (Å²) in [5, 5.41) is 0. The van der Waals surface area contributed by atoms with Crippen LogP contribution < -0.4 is 4.74 Å². The van der Waals surface area contributed by atoms with Crippen molar-refractivity contribution in [2.75, 3.05) is 6.61 Å². The van der Waals surface area contributed by atoms with E-state index in [1.54, 1.807) is 12.1 Å². The number of rotatable bonds is 6. The van der Waals surface area contributed by atoms with Crippen molar-refractivity contribution in [3.8, 4) is 5.75 Å². The second kappa shape index (κ2) is 10.1. The highest BCUT2D eigenvalue weighted by atomic mass is 16.5. The predicted octanol–water partition coefficient (Wildman–Crippen LogP) is 4.79. The molecule has 0 saturated carbocycles. The van der Waals surface area contributed by atoms with Crippen molar-refractivity contribution in [1.29, 1.82) is 0 Å². The molecule has 1 fully saturated rings. The fourth-order valence-electron chi connectivity index (χ4n) is 3.84. The van der Waals surface area contributed by atoms with Crippen LogP contribution in [0, 0.1) is 0 Å². The van der Waals surface area contributed by atoms with Crippen molar-refractivity contribution in [3.63, 3.8) is 0 Å². The molecule has 0 N–H and O–H groups in total. The average molecular weight is 428 g/mol. The maximum absolute atomic E-state index is 12.8. The zero-order valence-corrected chi connectivity index (χ0v) is 17.9. The molecule has 32 heavy (non-hydrogen) atoms. The molecular weight excluding hydrogens is 402 g/mol. The van der Waals surface area contributed by atoms with E-state index < -0.39 is 6.04 Å². The molecule has 1 aliphatic rings. The fourth-order valence-corrected chi connectivity index (χ4v) is 3.84. The van der Waals surface area contributed by atoms with Gasteiger partial charge in [-0.2, -0.15) is 0 Å². The number of carbonyl (C=O) groups excluding carboxylic acids is 2. The molecule has 0 unspecified atom stereocenters. The molecule has 0 radical (unpaired) electrons. The van der Waals surface area contributed by atoms with Gasteiger partial charge in [0.05, 0.1) is 6.04 Å². The molecule has 0 amide bonds. The number of hydrogen-bond acceptors (Lipinski definition) is 5. The molecule has 2 atom stereocenters. The summed E-state index contributed by atoms with van der Waals surface area (Å²) in [7, 11) is 0. The number of ether oxygens (including phenoxy) is 2. The molecule has 162 valence electrons. The van der Waals surface area contributed by atoms with Gasteiger partial charge in [-0.3, -0.25) is 9.69 Å². The number of nitrogens with zero attached hydrogens (tertiary/aromatic N) is 1. The third kappa shape index (κ3) is 5.31. The molecular formula is C27H25NO4. The molecule has 4 rings (SSSR count). The Bertz CT molecular complexity index is 1080. The van der Waals surface area contributed by atoms with Gasteiger partial charge in [0.2, 0.25) is 0 Å². The van der Waals surface area contributed by atoms with Crippen molar-refractivity contribution in [2.45, 2.75) is 25.6 Å². The number of morpholine rings is 1. The molecule has 5 nitrogen and oxygen atoms in total. The van der Waals surface area contributed by atoms with Crippen LogP contribution in [0.5, 0.6) is 5.75 Å². The Morgan fingerprint density at radius 2 is 1.66 bits per heavy atom. The van der Waals surface area contributed by atoms with E-state index in [4.69, 9.17) is 9.47 Å². The minimum Gasteiger partial charge on any atom is -0.462 e. The van der Waals surface area contributed by atoms with Gasteiger partial charge < -0.3 is 9.47 Å². The molecule has 0 bridgehead atoms. The highest BCUT2D eigenvalue weighted by molar-refractivity contribution is 5.80. The van der Waals surface area contributed by atoms with Crippen LogP contribution in [-0.2, 0) is 20.9 Å². The third-order valence-corrected chi connectivity index (χ3v) is 5.39. The van der Waals surface area contributed by atoms with E-state index in [9.17, 15) is 9.59 Å². The quantitative estimate of drug-likeness (QED) is 0.418. The zero-order chi connectivity index (χ0) is 22.3. The van der Waals surface area contributed by atoms with Crippen molar-refractivity contribution in [2.24, 2.45) is 0 Å². The van der Waals surface area contributed by atoms with E-state index in [1.165, 1.54) is 6.92 Å². The first-order valence-corrected chi connectivity index (χ1v) is 10.6. The van der Waals surface area contributed by atoms with E-state index in [0.717, 1.165) is 16.7 Å². The van der Waals surface area contributed by atoms with Gasteiger partial charge in [-0.1, -0.05) is 84.9 Å². The summed E-state index contributed by atoms with van der Waals surface area (Å²) in [6.07, 6.45) is 3.77. The maximum Gasteiger partial charge on any atom is 0.327 e. The summed E-state index contributed by atoms with van der Waals surface area (Å²) in [5.74, 6) is -0.135. The molecule has 3 aromatic carbocycles. The Kier molecular flexibility index (Phi) is 6.78. The highest BCUT2D eigenvalue weighted by Gasteiger charge is 2.37. The third-order valence-electron chi connectivity index (χ3n) is 5.39. The number of hydrogen-bond donors (Lipinski definition) is 0. The second-order valence-electron chi connectivity index (χ2n) is 7.68. The van der Waals surface area contributed by atoms with Gasteiger partial charge in [0.1, 0.15) is 18.4 Å². The summed E-state index contributed by atoms with van der Waals surface area (Å²) < 4.78 is 10.7. The number of carbonyl (C=O) groups is 2. The van der Waals surface area contributed by atoms with Crippen molar-refractivity contribution in [3.05, 3.63) is 108 Å². The van der Waals surface area contributed by atoms with Gasteiger partial charge in [0.15, 0.2) is 0 Å². The first-order valence-electron chi connectivity index (χ1n) is 10.6. The molecule has 3 aromatic rings. The molecule has 0 aliphatic carbocycles. The molecule has 0 aromatic heterocycles. The lowest BCUT2D eigenvalue weighted by atomic mass is 10.00. The SMILES string of the molecule is CC(=O)Oc1ccc(/C=C/[C@@H]2C(=O)OC[C@@H](c3ccccc3)N2Cc2ccccc2)cc1. The van der Waals surface area contributed by atoms with E-state index >= 15 is 0 Å². The molecule has 1 aliphatic heterocycles. The Balaban J connectivity index is 1.61. The van der Waals surface area contributed by atoms with Crippen LogP contribution in [0.3, 0.4) is 0 Å². The first-order chi connectivity index (χ1) is 15.6. The Morgan fingerprint density at radius 3 is 2.31 bits per heavy atom. The Labute approximate surface area is 187 Å².